The first kappa shape index (κ1) is 14.8. The predicted molar refractivity (Wildman–Crippen MR) is 79.2 cm³/mol. The van der Waals surface area contributed by atoms with Crippen molar-refractivity contribution in [2.75, 3.05) is 0 Å². The Morgan fingerprint density at radius 3 is 2.45 bits per heavy atom. The second-order valence-corrected chi connectivity index (χ2v) is 5.69. The molecule has 2 amide bonds. The summed E-state index contributed by atoms with van der Waals surface area (Å²) in [5.41, 5.74) is 2.19. The van der Waals surface area contributed by atoms with Crippen LogP contribution in [-0.2, 0) is 9.59 Å². The first-order valence-electron chi connectivity index (χ1n) is 7.47. The number of hydrogen-bond acceptors (Lipinski definition) is 2. The maximum absolute atomic E-state index is 12.4. The topological polar surface area (TPSA) is 46.2 Å². The highest BCUT2D eigenvalue weighted by Gasteiger charge is 2.40. The highest BCUT2D eigenvalue weighted by molar-refractivity contribution is 6.01. The third-order valence-electron chi connectivity index (χ3n) is 4.57. The first-order chi connectivity index (χ1) is 9.58. The van der Waals surface area contributed by atoms with Crippen molar-refractivity contribution in [2.45, 2.75) is 46.0 Å². The average molecular weight is 273 g/mol. The molecule has 0 aromatic heterocycles. The maximum atomic E-state index is 12.4. The quantitative estimate of drug-likeness (QED) is 0.856. The zero-order chi connectivity index (χ0) is 14.7. The summed E-state index contributed by atoms with van der Waals surface area (Å²) in [4.78, 5) is 24.1. The summed E-state index contributed by atoms with van der Waals surface area (Å²) in [6, 6.07) is 8.00. The Bertz CT molecular complexity index is 505. The van der Waals surface area contributed by atoms with E-state index in [4.69, 9.17) is 0 Å². The van der Waals surface area contributed by atoms with Gasteiger partial charge in [-0.05, 0) is 29.9 Å². The lowest BCUT2D eigenvalue weighted by atomic mass is 9.71. The van der Waals surface area contributed by atoms with Crippen LogP contribution in [0.1, 0.15) is 50.2 Å². The van der Waals surface area contributed by atoms with Gasteiger partial charge in [0.25, 0.3) is 0 Å². The number of carbonyl (C=O) groups is 2. The van der Waals surface area contributed by atoms with Crippen molar-refractivity contribution in [1.82, 2.24) is 5.32 Å². The fourth-order valence-electron chi connectivity index (χ4n) is 3.43. The van der Waals surface area contributed by atoms with E-state index in [2.05, 4.69) is 19.2 Å². The van der Waals surface area contributed by atoms with Crippen molar-refractivity contribution in [3.63, 3.8) is 0 Å². The number of imide groups is 1. The number of amides is 2. The van der Waals surface area contributed by atoms with Gasteiger partial charge in [-0.15, -0.1) is 0 Å². The fourth-order valence-corrected chi connectivity index (χ4v) is 3.43. The Hall–Kier alpha value is -1.64. The fraction of sp³-hybridized carbons (Fsp3) is 0.529. The van der Waals surface area contributed by atoms with Crippen LogP contribution in [0.5, 0.6) is 0 Å². The van der Waals surface area contributed by atoms with Gasteiger partial charge in [0.2, 0.25) is 11.8 Å². The molecule has 1 aliphatic heterocycles. The van der Waals surface area contributed by atoms with E-state index in [1.165, 1.54) is 0 Å². The normalized spacial score (nSPS) is 23.0. The highest BCUT2D eigenvalue weighted by Crippen LogP contribution is 2.39. The summed E-state index contributed by atoms with van der Waals surface area (Å²) in [6.45, 7) is 6.31. The average Bonchev–Trinajstić information content (AvgIpc) is 2.41. The summed E-state index contributed by atoms with van der Waals surface area (Å²) < 4.78 is 0. The molecule has 3 heteroatoms. The molecule has 1 fully saturated rings. The molecule has 0 saturated carbocycles. The van der Waals surface area contributed by atoms with Gasteiger partial charge in [-0.25, -0.2) is 0 Å². The van der Waals surface area contributed by atoms with Crippen molar-refractivity contribution in [3.8, 4) is 0 Å². The van der Waals surface area contributed by atoms with Crippen LogP contribution in [0.15, 0.2) is 24.3 Å². The van der Waals surface area contributed by atoms with Crippen LogP contribution in [0.2, 0.25) is 0 Å². The van der Waals surface area contributed by atoms with Crippen LogP contribution >= 0.6 is 0 Å². The van der Waals surface area contributed by atoms with E-state index in [-0.39, 0.29) is 23.7 Å². The lowest BCUT2D eigenvalue weighted by Crippen LogP contribution is -2.46. The van der Waals surface area contributed by atoms with Crippen molar-refractivity contribution >= 4 is 11.8 Å². The molecule has 1 N–H and O–H groups in total. The van der Waals surface area contributed by atoms with Crippen LogP contribution < -0.4 is 5.32 Å². The lowest BCUT2D eigenvalue weighted by molar-refractivity contribution is -0.137. The number of hydrogen-bond donors (Lipinski definition) is 1. The first-order valence-corrected chi connectivity index (χ1v) is 7.47. The molecular weight excluding hydrogens is 250 g/mol. The van der Waals surface area contributed by atoms with Gasteiger partial charge < -0.3 is 0 Å². The molecule has 1 aromatic rings. The van der Waals surface area contributed by atoms with Crippen LogP contribution in [0.4, 0.5) is 0 Å². The zero-order valence-electron chi connectivity index (χ0n) is 12.5. The summed E-state index contributed by atoms with van der Waals surface area (Å²) in [5.74, 6) is 0.0740. The standard InChI is InChI=1S/C17H23NO2/c1-4-12(5-2)14-10-15(19)18-17(20)16(14)13-9-7-6-8-11(13)3/h6-9,12,14,16H,4-5,10H2,1-3H3,(H,18,19,20). The van der Waals surface area contributed by atoms with Crippen molar-refractivity contribution in [3.05, 3.63) is 35.4 Å². The third kappa shape index (κ3) is 2.77. The number of aryl methyl sites for hydroxylation is 1. The number of piperidine rings is 1. The monoisotopic (exact) mass is 273 g/mol. The van der Waals surface area contributed by atoms with Gasteiger partial charge in [-0.1, -0.05) is 51.0 Å². The highest BCUT2D eigenvalue weighted by atomic mass is 16.2. The summed E-state index contributed by atoms with van der Waals surface area (Å²) in [5, 5.41) is 2.51. The smallest absolute Gasteiger partial charge is 0.234 e. The molecule has 1 heterocycles. The van der Waals surface area contributed by atoms with Gasteiger partial charge in [-0.3, -0.25) is 14.9 Å². The molecule has 2 atom stereocenters. The van der Waals surface area contributed by atoms with Crippen LogP contribution in [-0.4, -0.2) is 11.8 Å². The summed E-state index contributed by atoms with van der Waals surface area (Å²) in [7, 11) is 0. The Balaban J connectivity index is 2.42. The van der Waals surface area contributed by atoms with Gasteiger partial charge in [0.15, 0.2) is 0 Å². The molecule has 20 heavy (non-hydrogen) atoms. The molecule has 2 unspecified atom stereocenters. The molecule has 0 bridgehead atoms. The Kier molecular flexibility index (Phi) is 4.58. The molecule has 2 rings (SSSR count). The van der Waals surface area contributed by atoms with Gasteiger partial charge in [0.1, 0.15) is 0 Å². The van der Waals surface area contributed by atoms with E-state index in [0.717, 1.165) is 24.0 Å². The molecular formula is C17H23NO2. The number of rotatable bonds is 4. The molecule has 3 nitrogen and oxygen atoms in total. The van der Waals surface area contributed by atoms with E-state index in [9.17, 15) is 9.59 Å². The Morgan fingerprint density at radius 1 is 1.20 bits per heavy atom. The van der Waals surface area contributed by atoms with Gasteiger partial charge >= 0.3 is 0 Å². The minimum Gasteiger partial charge on any atom is -0.296 e. The number of carbonyl (C=O) groups excluding carboxylic acids is 2. The van der Waals surface area contributed by atoms with Crippen molar-refractivity contribution < 1.29 is 9.59 Å². The maximum Gasteiger partial charge on any atom is 0.234 e. The Morgan fingerprint density at radius 2 is 1.85 bits per heavy atom. The van der Waals surface area contributed by atoms with E-state index in [1.54, 1.807) is 0 Å². The lowest BCUT2D eigenvalue weighted by Gasteiger charge is -2.36. The molecule has 1 aromatic carbocycles. The molecule has 0 aliphatic carbocycles. The summed E-state index contributed by atoms with van der Waals surface area (Å²) in [6.07, 6.45) is 2.46. The molecule has 0 radical (unpaired) electrons. The Labute approximate surface area is 120 Å². The second kappa shape index (κ2) is 6.21. The minimum absolute atomic E-state index is 0.118. The number of benzene rings is 1. The van der Waals surface area contributed by atoms with Gasteiger partial charge in [0, 0.05) is 6.42 Å². The molecule has 1 aliphatic rings. The SMILES string of the molecule is CCC(CC)C1CC(=O)NC(=O)C1c1ccccc1C. The molecule has 108 valence electrons. The van der Waals surface area contributed by atoms with E-state index >= 15 is 0 Å². The third-order valence-corrected chi connectivity index (χ3v) is 4.57. The van der Waals surface area contributed by atoms with Crippen LogP contribution in [0, 0.1) is 18.8 Å². The van der Waals surface area contributed by atoms with Crippen LogP contribution in [0.3, 0.4) is 0 Å². The van der Waals surface area contributed by atoms with E-state index in [1.807, 2.05) is 31.2 Å². The zero-order valence-corrected chi connectivity index (χ0v) is 12.5. The van der Waals surface area contributed by atoms with Crippen molar-refractivity contribution in [1.29, 1.82) is 0 Å². The van der Waals surface area contributed by atoms with E-state index in [0.29, 0.717) is 12.3 Å². The largest absolute Gasteiger partial charge is 0.296 e. The minimum atomic E-state index is -0.196. The molecule has 1 saturated heterocycles. The van der Waals surface area contributed by atoms with Gasteiger partial charge in [0.05, 0.1) is 5.92 Å². The van der Waals surface area contributed by atoms with Crippen LogP contribution in [0.25, 0.3) is 0 Å². The van der Waals surface area contributed by atoms with Crippen molar-refractivity contribution in [2.24, 2.45) is 11.8 Å². The number of nitrogens with one attached hydrogen (secondary N) is 1. The predicted octanol–water partition coefficient (Wildman–Crippen LogP) is 3.18. The second-order valence-electron chi connectivity index (χ2n) is 5.69. The van der Waals surface area contributed by atoms with E-state index < -0.39 is 0 Å². The molecule has 0 spiro atoms. The summed E-state index contributed by atoms with van der Waals surface area (Å²) >= 11 is 0. The van der Waals surface area contributed by atoms with Gasteiger partial charge in [-0.2, -0.15) is 0 Å².